The summed E-state index contributed by atoms with van der Waals surface area (Å²) in [5.41, 5.74) is 1.57. The lowest BCUT2D eigenvalue weighted by Gasteiger charge is -2.38. The first kappa shape index (κ1) is 16.0. The molecule has 2 fully saturated rings. The molecule has 2 aromatic heterocycles. The minimum absolute atomic E-state index is 0.926. The van der Waals surface area contributed by atoms with E-state index in [2.05, 4.69) is 9.88 Å². The number of hydrogen-bond donors (Lipinski definition) is 1. The molecule has 0 bridgehead atoms. The van der Waals surface area contributed by atoms with Gasteiger partial charge in [0.1, 0.15) is 17.0 Å². The highest BCUT2D eigenvalue weighted by Gasteiger charge is 2.30. The molecule has 3 aliphatic rings. The van der Waals surface area contributed by atoms with E-state index < -0.39 is 0 Å². The Morgan fingerprint density at radius 3 is 2.60 bits per heavy atom. The third-order valence-electron chi connectivity index (χ3n) is 6.62. The van der Waals surface area contributed by atoms with Gasteiger partial charge in [0.05, 0.1) is 37.6 Å². The molecule has 0 radical (unpaired) electrons. The predicted molar refractivity (Wildman–Crippen MR) is 104 cm³/mol. The van der Waals surface area contributed by atoms with E-state index >= 15 is 0 Å². The Morgan fingerprint density at radius 1 is 0.960 bits per heavy atom. The number of nitrogens with zero attached hydrogens (tertiary/aromatic N) is 3. The summed E-state index contributed by atoms with van der Waals surface area (Å²) in [6.07, 6.45) is 14.2. The van der Waals surface area contributed by atoms with Gasteiger partial charge in [-0.3, -0.25) is 0 Å². The Labute approximate surface area is 154 Å². The molecule has 0 unspecified atom stereocenters. The summed E-state index contributed by atoms with van der Waals surface area (Å²) < 4.78 is 0. The van der Waals surface area contributed by atoms with Crippen LogP contribution in [0.3, 0.4) is 0 Å². The van der Waals surface area contributed by atoms with Gasteiger partial charge in [-0.25, -0.2) is 9.97 Å². The molecule has 3 heterocycles. The largest absolute Gasteiger partial charge is 0.345 e. The van der Waals surface area contributed by atoms with Gasteiger partial charge in [0.15, 0.2) is 0 Å². The fourth-order valence-corrected chi connectivity index (χ4v) is 6.46. The van der Waals surface area contributed by atoms with E-state index in [0.717, 1.165) is 19.1 Å². The minimum atomic E-state index is 0.926. The van der Waals surface area contributed by atoms with Gasteiger partial charge in [0, 0.05) is 4.88 Å². The van der Waals surface area contributed by atoms with Crippen LogP contribution >= 0.6 is 11.3 Å². The van der Waals surface area contributed by atoms with Crippen molar-refractivity contribution in [1.29, 1.82) is 0 Å². The first-order valence-corrected chi connectivity index (χ1v) is 11.1. The third-order valence-corrected chi connectivity index (χ3v) is 7.82. The monoisotopic (exact) mass is 357 g/mol. The summed E-state index contributed by atoms with van der Waals surface area (Å²) >= 11 is 1.92. The second-order valence-corrected chi connectivity index (χ2v) is 9.15. The molecule has 1 aliphatic heterocycles. The highest BCUT2D eigenvalue weighted by Crippen LogP contribution is 2.39. The van der Waals surface area contributed by atoms with E-state index in [1.807, 2.05) is 16.2 Å². The average molecular weight is 358 g/mol. The summed E-state index contributed by atoms with van der Waals surface area (Å²) in [7, 11) is 0. The first-order valence-electron chi connectivity index (χ1n) is 10.2. The van der Waals surface area contributed by atoms with Gasteiger partial charge in [-0.2, -0.15) is 0 Å². The van der Waals surface area contributed by atoms with Crippen LogP contribution < -0.4 is 9.80 Å². The number of fused-ring (bicyclic) bond motifs is 3. The summed E-state index contributed by atoms with van der Waals surface area (Å²) in [5.74, 6) is 1.23. The van der Waals surface area contributed by atoms with Crippen molar-refractivity contribution in [3.63, 3.8) is 0 Å². The lowest BCUT2D eigenvalue weighted by atomic mass is 9.93. The van der Waals surface area contributed by atoms with Crippen molar-refractivity contribution in [2.24, 2.45) is 0 Å². The highest BCUT2D eigenvalue weighted by molar-refractivity contribution is 7.19. The van der Waals surface area contributed by atoms with Crippen LogP contribution in [0.1, 0.15) is 55.4 Å². The fraction of sp³-hybridized carbons (Fsp3) is 0.700. The van der Waals surface area contributed by atoms with Gasteiger partial charge in [-0.05, 0) is 56.9 Å². The van der Waals surface area contributed by atoms with Crippen LogP contribution in [0.2, 0.25) is 0 Å². The molecule has 1 saturated carbocycles. The molecule has 2 aromatic rings. The quantitative estimate of drug-likeness (QED) is 0.897. The van der Waals surface area contributed by atoms with Gasteiger partial charge in [0.2, 0.25) is 0 Å². The van der Waals surface area contributed by atoms with E-state index in [9.17, 15) is 0 Å². The van der Waals surface area contributed by atoms with E-state index in [-0.39, 0.29) is 0 Å². The van der Waals surface area contributed by atoms with Gasteiger partial charge >= 0.3 is 0 Å². The van der Waals surface area contributed by atoms with Gasteiger partial charge in [0.25, 0.3) is 0 Å². The van der Waals surface area contributed by atoms with Crippen molar-refractivity contribution >= 4 is 27.4 Å². The Morgan fingerprint density at radius 2 is 1.76 bits per heavy atom. The second-order valence-electron chi connectivity index (χ2n) is 8.07. The number of hydrogen-bond acceptors (Lipinski definition) is 4. The van der Waals surface area contributed by atoms with Crippen molar-refractivity contribution in [1.82, 2.24) is 9.97 Å². The van der Waals surface area contributed by atoms with Crippen LogP contribution in [0.4, 0.5) is 5.82 Å². The van der Waals surface area contributed by atoms with Crippen LogP contribution in [-0.2, 0) is 12.8 Å². The average Bonchev–Trinajstić information content (AvgIpc) is 3.08. The van der Waals surface area contributed by atoms with Crippen LogP contribution in [-0.4, -0.2) is 42.2 Å². The molecule has 0 spiro atoms. The summed E-state index contributed by atoms with van der Waals surface area (Å²) in [4.78, 5) is 16.6. The number of aromatic nitrogens is 2. The number of quaternary nitrogens is 1. The van der Waals surface area contributed by atoms with Crippen LogP contribution in [0, 0.1) is 0 Å². The molecule has 134 valence electrons. The number of piperazine rings is 1. The van der Waals surface area contributed by atoms with E-state index in [0.29, 0.717) is 0 Å². The zero-order valence-electron chi connectivity index (χ0n) is 15.1. The number of aryl methyl sites for hydroxylation is 2. The lowest BCUT2D eigenvalue weighted by molar-refractivity contribution is -0.927. The Hall–Kier alpha value is -1.20. The molecule has 0 atom stereocenters. The van der Waals surface area contributed by atoms with E-state index in [1.54, 1.807) is 16.8 Å². The van der Waals surface area contributed by atoms with Crippen LogP contribution in [0.5, 0.6) is 0 Å². The van der Waals surface area contributed by atoms with Crippen molar-refractivity contribution in [3.8, 4) is 0 Å². The van der Waals surface area contributed by atoms with Crippen molar-refractivity contribution in [2.75, 3.05) is 31.1 Å². The second kappa shape index (κ2) is 6.84. The van der Waals surface area contributed by atoms with Crippen LogP contribution in [0.25, 0.3) is 10.2 Å². The Bertz CT molecular complexity index is 741. The molecule has 0 amide bonds. The number of thiophene rings is 1. The first-order chi connectivity index (χ1) is 12.4. The number of rotatable bonds is 2. The lowest BCUT2D eigenvalue weighted by Crippen LogP contribution is -3.18. The standard InChI is InChI=1S/C20H28N4S/c1-2-6-15(7-3-1)23-10-12-24(13-11-23)19-18-16-8-4-5-9-17(16)25-20(18)22-14-21-19/h14-15H,1-13H2/p+1. The molecule has 0 aromatic carbocycles. The molecule has 5 rings (SSSR count). The maximum Gasteiger partial charge on any atom is 0.141 e. The summed E-state index contributed by atoms with van der Waals surface area (Å²) in [6.45, 7) is 4.87. The molecule has 4 nitrogen and oxygen atoms in total. The maximum atomic E-state index is 4.76. The predicted octanol–water partition coefficient (Wildman–Crippen LogP) is 2.61. The highest BCUT2D eigenvalue weighted by atomic mass is 32.1. The van der Waals surface area contributed by atoms with E-state index in [4.69, 9.17) is 4.98 Å². The molecule has 25 heavy (non-hydrogen) atoms. The maximum absolute atomic E-state index is 4.76. The zero-order valence-corrected chi connectivity index (χ0v) is 15.9. The zero-order chi connectivity index (χ0) is 16.6. The normalized spacial score (nSPS) is 23.1. The van der Waals surface area contributed by atoms with Crippen molar-refractivity contribution < 1.29 is 4.90 Å². The van der Waals surface area contributed by atoms with Crippen molar-refractivity contribution in [2.45, 2.75) is 63.8 Å². The Kier molecular flexibility index (Phi) is 4.38. The van der Waals surface area contributed by atoms with Gasteiger partial charge in [-0.1, -0.05) is 6.42 Å². The third kappa shape index (κ3) is 2.95. The molecular formula is C20H29N4S+. The van der Waals surface area contributed by atoms with Gasteiger partial charge < -0.3 is 9.80 Å². The molecule has 1 saturated heterocycles. The topological polar surface area (TPSA) is 33.5 Å². The van der Waals surface area contributed by atoms with Crippen LogP contribution in [0.15, 0.2) is 6.33 Å². The molecule has 2 aliphatic carbocycles. The SMILES string of the molecule is c1nc(N2CC[NH+](C3CCCCC3)CC2)c2c3c(sc2n1)CCCC3. The number of anilines is 1. The van der Waals surface area contributed by atoms with E-state index in [1.165, 1.54) is 86.9 Å². The smallest absolute Gasteiger partial charge is 0.141 e. The molecular weight excluding hydrogens is 328 g/mol. The fourth-order valence-electron chi connectivity index (χ4n) is 5.24. The summed E-state index contributed by atoms with van der Waals surface area (Å²) in [5, 5.41) is 1.39. The number of nitrogens with one attached hydrogen (secondary N) is 1. The van der Waals surface area contributed by atoms with Crippen molar-refractivity contribution in [3.05, 3.63) is 16.8 Å². The molecule has 5 heteroatoms. The molecule has 1 N–H and O–H groups in total. The Balaban J connectivity index is 1.38. The van der Waals surface area contributed by atoms with Gasteiger partial charge in [-0.15, -0.1) is 11.3 Å². The summed E-state index contributed by atoms with van der Waals surface area (Å²) in [6, 6.07) is 0.926. The minimum Gasteiger partial charge on any atom is -0.345 e.